The van der Waals surface area contributed by atoms with E-state index in [-0.39, 0.29) is 40.7 Å². The number of H-pyrrole nitrogens is 2. The van der Waals surface area contributed by atoms with Gasteiger partial charge in [-0.2, -0.15) is 0 Å². The fraction of sp³-hybridized carbons (Fsp3) is 0.0952. The van der Waals surface area contributed by atoms with Gasteiger partial charge in [0.05, 0.1) is 16.8 Å². The Morgan fingerprint density at radius 1 is 1.10 bits per heavy atom. The molecule has 5 rings (SSSR count). The van der Waals surface area contributed by atoms with Gasteiger partial charge in [0, 0.05) is 16.8 Å². The molecule has 5 aromatic rings. The summed E-state index contributed by atoms with van der Waals surface area (Å²) in [6.45, 7) is 2.09. The van der Waals surface area contributed by atoms with Crippen LogP contribution in [0.1, 0.15) is 11.3 Å². The Bertz CT molecular complexity index is 1480. The van der Waals surface area contributed by atoms with Crippen molar-refractivity contribution in [1.82, 2.24) is 14.3 Å². The minimum Gasteiger partial charge on any atom is -0.307 e. The van der Waals surface area contributed by atoms with Crippen LogP contribution in [0.3, 0.4) is 0 Å². The molecule has 0 fully saturated rings. The number of para-hydroxylation sites is 1. The number of hydrogen-bond acceptors (Lipinski definition) is 3. The Labute approximate surface area is 202 Å². The second-order valence-corrected chi connectivity index (χ2v) is 8.25. The maximum atomic E-state index is 13.2. The molecule has 9 heteroatoms. The molecule has 3 aromatic heterocycles. The van der Waals surface area contributed by atoms with E-state index < -0.39 is 0 Å². The summed E-state index contributed by atoms with van der Waals surface area (Å²) in [4.78, 5) is 29.2. The molecule has 3 heterocycles. The van der Waals surface area contributed by atoms with Gasteiger partial charge < -0.3 is 4.57 Å². The zero-order chi connectivity index (χ0) is 20.1. The van der Waals surface area contributed by atoms with Crippen LogP contribution in [0.4, 0.5) is 0 Å². The second kappa shape index (κ2) is 8.17. The fourth-order valence-electron chi connectivity index (χ4n) is 3.55. The number of aryl methyl sites for hydroxylation is 1. The number of nitrogens with zero attached hydrogens (tertiary/aromatic N) is 2. The maximum Gasteiger partial charge on any atom is 1.00 e. The summed E-state index contributed by atoms with van der Waals surface area (Å²) < 4.78 is 4.09. The molecule has 0 radical (unpaired) electrons. The van der Waals surface area contributed by atoms with E-state index in [0.29, 0.717) is 33.3 Å². The molecule has 0 saturated carbocycles. The summed E-state index contributed by atoms with van der Waals surface area (Å²) >= 11 is 7.73. The number of aromatic amines is 2. The molecule has 0 aliphatic heterocycles. The van der Waals surface area contributed by atoms with Crippen molar-refractivity contribution in [2.75, 3.05) is 0 Å². The van der Waals surface area contributed by atoms with Crippen molar-refractivity contribution in [2.45, 2.75) is 13.5 Å². The number of hydrogen-bond donors (Lipinski definition) is 1. The van der Waals surface area contributed by atoms with Crippen molar-refractivity contribution < 1.29 is 34.5 Å². The zero-order valence-corrected chi connectivity index (χ0v) is 20.0. The summed E-state index contributed by atoms with van der Waals surface area (Å²) in [7, 11) is 0. The van der Waals surface area contributed by atoms with Gasteiger partial charge in [0.15, 0.2) is 0 Å². The van der Waals surface area contributed by atoms with Gasteiger partial charge in [-0.25, -0.2) is 14.9 Å². The van der Waals surface area contributed by atoms with Gasteiger partial charge in [-0.05, 0) is 42.0 Å². The third-order valence-corrected chi connectivity index (χ3v) is 6.47. The summed E-state index contributed by atoms with van der Waals surface area (Å²) in [6, 6.07) is 16.7. The SMILES string of the molecule is Cc1c2c(=O)n(-c3[nH+]c4ccccc4s3)[nH]c2cc(=O)n1Cc1ccccc1Cl.[Na+]. The van der Waals surface area contributed by atoms with Crippen LogP contribution in [0.15, 0.2) is 64.2 Å². The second-order valence-electron chi connectivity index (χ2n) is 6.81. The van der Waals surface area contributed by atoms with Crippen LogP contribution in [0.2, 0.25) is 5.02 Å². The van der Waals surface area contributed by atoms with Gasteiger partial charge in [0.25, 0.3) is 5.56 Å². The van der Waals surface area contributed by atoms with Crippen molar-refractivity contribution in [2.24, 2.45) is 0 Å². The minimum absolute atomic E-state index is 0. The van der Waals surface area contributed by atoms with Crippen LogP contribution in [0.25, 0.3) is 26.3 Å². The molecule has 0 aliphatic rings. The molecule has 2 N–H and O–H groups in total. The van der Waals surface area contributed by atoms with Crippen LogP contribution < -0.4 is 45.7 Å². The Balaban J connectivity index is 0.00000218. The minimum atomic E-state index is -0.201. The predicted molar refractivity (Wildman–Crippen MR) is 115 cm³/mol. The summed E-state index contributed by atoms with van der Waals surface area (Å²) in [5, 5.41) is 4.81. The first-order valence-electron chi connectivity index (χ1n) is 9.03. The third kappa shape index (κ3) is 3.46. The standard InChI is InChI=1S/C21H15ClN4O2S.Na/c1-12-19-16(10-18(27)25(12)11-13-6-2-3-7-14(13)22)24-26(20(19)28)21-23-15-8-4-5-9-17(15)29-21;/h2-10,24H,11H2,1H3;/q;+1/p+1. The molecule has 0 spiro atoms. The number of fused-ring (bicyclic) bond motifs is 2. The number of rotatable bonds is 3. The summed E-state index contributed by atoms with van der Waals surface area (Å²) in [5.41, 5.74) is 2.50. The summed E-state index contributed by atoms with van der Waals surface area (Å²) in [6.07, 6.45) is 0. The van der Waals surface area contributed by atoms with Crippen molar-refractivity contribution in [3.05, 3.63) is 91.6 Å². The Morgan fingerprint density at radius 2 is 1.83 bits per heavy atom. The smallest absolute Gasteiger partial charge is 0.307 e. The van der Waals surface area contributed by atoms with Gasteiger partial charge in [-0.3, -0.25) is 4.79 Å². The van der Waals surface area contributed by atoms with Crippen molar-refractivity contribution in [1.29, 1.82) is 0 Å². The molecular formula is C21H16ClN4NaO2S+2. The van der Waals surface area contributed by atoms with Crippen LogP contribution in [-0.4, -0.2) is 14.3 Å². The molecule has 0 atom stereocenters. The monoisotopic (exact) mass is 446 g/mol. The number of pyridine rings is 1. The van der Waals surface area contributed by atoms with E-state index >= 15 is 0 Å². The Morgan fingerprint density at radius 3 is 2.60 bits per heavy atom. The van der Waals surface area contributed by atoms with E-state index in [1.165, 1.54) is 22.1 Å². The van der Waals surface area contributed by atoms with Crippen molar-refractivity contribution in [3.63, 3.8) is 0 Å². The van der Waals surface area contributed by atoms with Gasteiger partial charge >= 0.3 is 40.2 Å². The predicted octanol–water partition coefficient (Wildman–Crippen LogP) is 0.523. The number of aromatic nitrogens is 4. The maximum absolute atomic E-state index is 13.2. The first-order chi connectivity index (χ1) is 14.0. The quantitative estimate of drug-likeness (QED) is 0.410. The fourth-order valence-corrected chi connectivity index (χ4v) is 4.71. The van der Waals surface area contributed by atoms with Crippen LogP contribution in [0.5, 0.6) is 0 Å². The van der Waals surface area contributed by atoms with Gasteiger partial charge in [-0.1, -0.05) is 46.6 Å². The molecule has 0 aliphatic carbocycles. The summed E-state index contributed by atoms with van der Waals surface area (Å²) in [5.74, 6) is 0. The van der Waals surface area contributed by atoms with E-state index in [1.54, 1.807) is 17.6 Å². The van der Waals surface area contributed by atoms with E-state index in [4.69, 9.17) is 11.6 Å². The van der Waals surface area contributed by atoms with Crippen molar-refractivity contribution in [3.8, 4) is 5.13 Å². The first-order valence-corrected chi connectivity index (χ1v) is 10.2. The number of halogens is 1. The zero-order valence-electron chi connectivity index (χ0n) is 16.4. The van der Waals surface area contributed by atoms with E-state index in [2.05, 4.69) is 10.1 Å². The van der Waals surface area contributed by atoms with Gasteiger partial charge in [-0.15, -0.1) is 0 Å². The number of nitrogens with one attached hydrogen (secondary N) is 2. The molecule has 0 unspecified atom stereocenters. The van der Waals surface area contributed by atoms with E-state index in [1.807, 2.05) is 42.5 Å². The largest absolute Gasteiger partial charge is 1.00 e. The van der Waals surface area contributed by atoms with Crippen LogP contribution in [0, 0.1) is 6.92 Å². The molecule has 0 bridgehead atoms. The van der Waals surface area contributed by atoms with Gasteiger partial charge in [0.1, 0.15) is 10.9 Å². The van der Waals surface area contributed by atoms with E-state index in [9.17, 15) is 9.59 Å². The van der Waals surface area contributed by atoms with E-state index in [0.717, 1.165) is 15.8 Å². The van der Waals surface area contributed by atoms with Gasteiger partial charge in [0.2, 0.25) is 0 Å². The number of benzene rings is 2. The normalized spacial score (nSPS) is 11.1. The molecule has 0 saturated heterocycles. The average molecular weight is 447 g/mol. The number of thiazole rings is 1. The van der Waals surface area contributed by atoms with Crippen molar-refractivity contribution >= 4 is 44.1 Å². The van der Waals surface area contributed by atoms with Crippen LogP contribution >= 0.6 is 22.9 Å². The third-order valence-electron chi connectivity index (χ3n) is 5.04. The average Bonchev–Trinajstić information content (AvgIpc) is 3.27. The Hall–Kier alpha value is -2.16. The molecule has 30 heavy (non-hydrogen) atoms. The first kappa shape index (κ1) is 21.1. The molecule has 144 valence electrons. The topological polar surface area (TPSA) is 73.9 Å². The molecular weight excluding hydrogens is 431 g/mol. The molecule has 0 amide bonds. The Kier molecular flexibility index (Phi) is 5.74. The molecule has 2 aromatic carbocycles. The van der Waals surface area contributed by atoms with Crippen LogP contribution in [-0.2, 0) is 6.54 Å². The molecule has 6 nitrogen and oxygen atoms in total.